The molecule has 20 heavy (non-hydrogen) atoms. The Kier molecular flexibility index (Phi) is 9.16. The van der Waals surface area contributed by atoms with Crippen molar-refractivity contribution in [1.82, 2.24) is 5.32 Å². The maximum Gasteiger partial charge on any atom is 0.0587 e. The Morgan fingerprint density at radius 1 is 1.30 bits per heavy atom. The molecule has 0 spiro atoms. The number of nitrogens with one attached hydrogen (secondary N) is 1. The van der Waals surface area contributed by atoms with Crippen LogP contribution in [0, 0.1) is 5.41 Å². The zero-order chi connectivity index (χ0) is 14.7. The molecule has 0 fully saturated rings. The fraction of sp³-hybridized carbons (Fsp3) is 0.765. The summed E-state index contributed by atoms with van der Waals surface area (Å²) in [6.45, 7) is 7.52. The Morgan fingerprint density at radius 2 is 2.15 bits per heavy atom. The molecule has 116 valence electrons. The highest BCUT2D eigenvalue weighted by atomic mass is 32.1. The molecule has 2 nitrogen and oxygen atoms in total. The number of unbranched alkanes of at least 4 members (excludes halogenated alkanes) is 1. The van der Waals surface area contributed by atoms with E-state index >= 15 is 0 Å². The van der Waals surface area contributed by atoms with E-state index in [1.54, 1.807) is 7.11 Å². The Morgan fingerprint density at radius 3 is 2.75 bits per heavy atom. The molecule has 0 saturated heterocycles. The molecule has 0 bridgehead atoms. The molecule has 0 radical (unpaired) electrons. The van der Waals surface area contributed by atoms with Crippen LogP contribution in [-0.4, -0.2) is 26.8 Å². The first-order chi connectivity index (χ1) is 9.76. The van der Waals surface area contributed by atoms with Gasteiger partial charge in [0.05, 0.1) is 6.61 Å². The highest BCUT2D eigenvalue weighted by Crippen LogP contribution is 2.34. The van der Waals surface area contributed by atoms with Gasteiger partial charge in [0.15, 0.2) is 0 Å². The summed E-state index contributed by atoms with van der Waals surface area (Å²) in [6.07, 6.45) is 7.73. The summed E-state index contributed by atoms with van der Waals surface area (Å²) >= 11 is 1.81. The first kappa shape index (κ1) is 17.7. The topological polar surface area (TPSA) is 21.3 Å². The minimum Gasteiger partial charge on any atom is -0.383 e. The zero-order valence-corrected chi connectivity index (χ0v) is 14.2. The third-order valence-corrected chi connectivity index (χ3v) is 5.05. The number of hydrogen-bond acceptors (Lipinski definition) is 3. The van der Waals surface area contributed by atoms with Gasteiger partial charge >= 0.3 is 0 Å². The summed E-state index contributed by atoms with van der Waals surface area (Å²) in [5.41, 5.74) is 1.95. The van der Waals surface area contributed by atoms with Gasteiger partial charge in [-0.3, -0.25) is 0 Å². The Bertz CT molecular complexity index is 326. The highest BCUT2D eigenvalue weighted by Gasteiger charge is 2.26. The monoisotopic (exact) mass is 297 g/mol. The molecule has 0 aliphatic carbocycles. The van der Waals surface area contributed by atoms with Gasteiger partial charge in [-0.25, -0.2) is 0 Å². The zero-order valence-electron chi connectivity index (χ0n) is 13.4. The van der Waals surface area contributed by atoms with Crippen molar-refractivity contribution in [3.05, 3.63) is 22.4 Å². The van der Waals surface area contributed by atoms with Crippen LogP contribution >= 0.6 is 11.3 Å². The van der Waals surface area contributed by atoms with Crippen molar-refractivity contribution in [2.75, 3.05) is 26.8 Å². The summed E-state index contributed by atoms with van der Waals surface area (Å²) in [4.78, 5) is 0. The van der Waals surface area contributed by atoms with Gasteiger partial charge in [-0.05, 0) is 53.5 Å². The molecule has 0 aliphatic heterocycles. The summed E-state index contributed by atoms with van der Waals surface area (Å²) < 4.78 is 5.13. The first-order valence-corrected chi connectivity index (χ1v) is 8.91. The molecule has 1 atom stereocenters. The predicted molar refractivity (Wildman–Crippen MR) is 89.6 cm³/mol. The molecule has 0 aliphatic rings. The van der Waals surface area contributed by atoms with Crippen molar-refractivity contribution < 1.29 is 4.74 Å². The van der Waals surface area contributed by atoms with E-state index in [9.17, 15) is 0 Å². The molecule has 1 heterocycles. The van der Waals surface area contributed by atoms with E-state index in [2.05, 4.69) is 36.0 Å². The van der Waals surface area contributed by atoms with Crippen molar-refractivity contribution in [3.8, 4) is 0 Å². The third-order valence-electron chi connectivity index (χ3n) is 4.32. The fourth-order valence-corrected chi connectivity index (χ4v) is 3.41. The molecule has 0 saturated carbocycles. The largest absolute Gasteiger partial charge is 0.383 e. The molecule has 1 aromatic heterocycles. The van der Waals surface area contributed by atoms with Gasteiger partial charge in [0.2, 0.25) is 0 Å². The van der Waals surface area contributed by atoms with Crippen molar-refractivity contribution in [2.24, 2.45) is 5.41 Å². The smallest absolute Gasteiger partial charge is 0.0587 e. The fourth-order valence-electron chi connectivity index (χ4n) is 2.70. The number of methoxy groups -OCH3 is 1. The second-order valence-electron chi connectivity index (χ2n) is 5.76. The number of thiophene rings is 1. The van der Waals surface area contributed by atoms with Crippen molar-refractivity contribution >= 4 is 11.3 Å². The SMILES string of the molecule is CCCCC(CC)(CCc1ccsc1)CNCCOC. The van der Waals surface area contributed by atoms with Gasteiger partial charge < -0.3 is 10.1 Å². The van der Waals surface area contributed by atoms with Crippen LogP contribution in [0.15, 0.2) is 16.8 Å². The van der Waals surface area contributed by atoms with Crippen molar-refractivity contribution in [1.29, 1.82) is 0 Å². The van der Waals surface area contributed by atoms with Crippen molar-refractivity contribution in [2.45, 2.75) is 52.4 Å². The maximum absolute atomic E-state index is 5.13. The average molecular weight is 298 g/mol. The molecule has 1 N–H and O–H groups in total. The number of aryl methyl sites for hydroxylation is 1. The average Bonchev–Trinajstić information content (AvgIpc) is 2.99. The van der Waals surface area contributed by atoms with Crippen LogP contribution in [0.3, 0.4) is 0 Å². The summed E-state index contributed by atoms with van der Waals surface area (Å²) in [6, 6.07) is 2.27. The van der Waals surface area contributed by atoms with Crippen molar-refractivity contribution in [3.63, 3.8) is 0 Å². The van der Waals surface area contributed by atoms with Crippen LogP contribution in [-0.2, 0) is 11.2 Å². The van der Waals surface area contributed by atoms with E-state index in [4.69, 9.17) is 4.74 Å². The summed E-state index contributed by atoms with van der Waals surface area (Å²) in [7, 11) is 1.77. The van der Waals surface area contributed by atoms with E-state index < -0.39 is 0 Å². The van der Waals surface area contributed by atoms with Gasteiger partial charge in [0.1, 0.15) is 0 Å². The van der Waals surface area contributed by atoms with Crippen LogP contribution in [0.5, 0.6) is 0 Å². The lowest BCUT2D eigenvalue weighted by molar-refractivity contribution is 0.177. The molecule has 0 aromatic carbocycles. The number of rotatable bonds is 12. The second kappa shape index (κ2) is 10.4. The Hall–Kier alpha value is -0.380. The first-order valence-electron chi connectivity index (χ1n) is 7.97. The van der Waals surface area contributed by atoms with E-state index in [1.807, 2.05) is 11.3 Å². The van der Waals surface area contributed by atoms with Crippen LogP contribution in [0.25, 0.3) is 0 Å². The molecule has 1 unspecified atom stereocenters. The second-order valence-corrected chi connectivity index (χ2v) is 6.54. The van der Waals surface area contributed by atoms with E-state index in [0.29, 0.717) is 5.41 Å². The quantitative estimate of drug-likeness (QED) is 0.573. The lowest BCUT2D eigenvalue weighted by atomic mass is 9.75. The van der Waals surface area contributed by atoms with E-state index in [-0.39, 0.29) is 0 Å². The van der Waals surface area contributed by atoms with Crippen LogP contribution in [0.4, 0.5) is 0 Å². The third kappa shape index (κ3) is 6.38. The van der Waals surface area contributed by atoms with E-state index in [1.165, 1.54) is 44.1 Å². The lowest BCUT2D eigenvalue weighted by Crippen LogP contribution is -2.36. The summed E-state index contributed by atoms with van der Waals surface area (Å²) in [5, 5.41) is 8.07. The molecule has 0 amide bonds. The van der Waals surface area contributed by atoms with Crippen LogP contribution in [0.1, 0.15) is 51.5 Å². The maximum atomic E-state index is 5.13. The standard InChI is InChI=1S/C17H31NOS/c1-4-6-9-17(5-2,15-18-11-12-19-3)10-7-16-8-13-20-14-16/h8,13-14,18H,4-7,9-12,15H2,1-3H3. The van der Waals surface area contributed by atoms with Gasteiger partial charge in [0, 0.05) is 20.2 Å². The number of ether oxygens (including phenoxy) is 1. The van der Waals surface area contributed by atoms with Gasteiger partial charge in [-0.15, -0.1) is 0 Å². The summed E-state index contributed by atoms with van der Waals surface area (Å²) in [5.74, 6) is 0. The predicted octanol–water partition coefficient (Wildman–Crippen LogP) is 4.50. The lowest BCUT2D eigenvalue weighted by Gasteiger charge is -2.33. The van der Waals surface area contributed by atoms with E-state index in [0.717, 1.165) is 19.7 Å². The molecule has 1 aromatic rings. The number of hydrogen-bond donors (Lipinski definition) is 1. The molecule has 1 rings (SSSR count). The minimum absolute atomic E-state index is 0.450. The minimum atomic E-state index is 0.450. The van der Waals surface area contributed by atoms with Crippen LogP contribution in [0.2, 0.25) is 0 Å². The normalized spacial score (nSPS) is 14.3. The van der Waals surface area contributed by atoms with Gasteiger partial charge in [-0.2, -0.15) is 11.3 Å². The molecular weight excluding hydrogens is 266 g/mol. The van der Waals surface area contributed by atoms with Gasteiger partial charge in [0.25, 0.3) is 0 Å². The van der Waals surface area contributed by atoms with Gasteiger partial charge in [-0.1, -0.05) is 26.7 Å². The Labute approximate surface area is 128 Å². The highest BCUT2D eigenvalue weighted by molar-refractivity contribution is 7.07. The molecular formula is C17H31NOS. The van der Waals surface area contributed by atoms with Crippen LogP contribution < -0.4 is 5.32 Å². The molecule has 3 heteroatoms. The Balaban J connectivity index is 2.50.